The van der Waals surface area contributed by atoms with Crippen LogP contribution in [0.1, 0.15) is 17.5 Å². The number of anilines is 1. The molecule has 4 rings (SSSR count). The summed E-state index contributed by atoms with van der Waals surface area (Å²) in [6.07, 6.45) is -0.830. The highest BCUT2D eigenvalue weighted by molar-refractivity contribution is 5.95. The molecule has 0 radical (unpaired) electrons. The number of nitrogens with one attached hydrogen (secondary N) is 1. The summed E-state index contributed by atoms with van der Waals surface area (Å²) in [6, 6.07) is 11.1. The van der Waals surface area contributed by atoms with Crippen LogP contribution in [0.25, 0.3) is 16.8 Å². The van der Waals surface area contributed by atoms with Gasteiger partial charge in [-0.25, -0.2) is 4.79 Å². The van der Waals surface area contributed by atoms with E-state index < -0.39 is 18.3 Å². The van der Waals surface area contributed by atoms with Crippen molar-refractivity contribution < 1.29 is 13.6 Å². The molecule has 0 bridgehead atoms. The van der Waals surface area contributed by atoms with Gasteiger partial charge in [-0.1, -0.05) is 12.1 Å². The maximum atomic E-state index is 12.9. The molecular formula is C21H20F2N6O2. The van der Waals surface area contributed by atoms with Crippen molar-refractivity contribution in [3.63, 3.8) is 0 Å². The summed E-state index contributed by atoms with van der Waals surface area (Å²) >= 11 is 0. The minimum atomic E-state index is -1.93. The summed E-state index contributed by atoms with van der Waals surface area (Å²) < 4.78 is 27.6. The van der Waals surface area contributed by atoms with Gasteiger partial charge in [0.05, 0.1) is 12.2 Å². The first-order valence-corrected chi connectivity index (χ1v) is 9.67. The maximum absolute atomic E-state index is 12.9. The Bertz CT molecular complexity index is 1260. The van der Waals surface area contributed by atoms with Crippen LogP contribution in [0.5, 0.6) is 0 Å². The van der Waals surface area contributed by atoms with Crippen molar-refractivity contribution in [3.8, 4) is 16.8 Å². The van der Waals surface area contributed by atoms with Gasteiger partial charge in [0.15, 0.2) is 0 Å². The number of aromatic nitrogens is 4. The van der Waals surface area contributed by atoms with Crippen LogP contribution < -0.4 is 16.7 Å². The Morgan fingerprint density at radius 2 is 1.94 bits per heavy atom. The molecule has 0 fully saturated rings. The van der Waals surface area contributed by atoms with E-state index in [-0.39, 0.29) is 18.0 Å². The second kappa shape index (κ2) is 8.23. The number of aryl methyl sites for hydroxylation is 2. The number of nitrogens with two attached hydrogens (primary N) is 1. The first-order chi connectivity index (χ1) is 14.9. The predicted molar refractivity (Wildman–Crippen MR) is 111 cm³/mol. The lowest BCUT2D eigenvalue weighted by atomic mass is 9.93. The molecule has 2 aromatic carbocycles. The summed E-state index contributed by atoms with van der Waals surface area (Å²) in [4.78, 5) is 24.3. The van der Waals surface area contributed by atoms with Crippen molar-refractivity contribution in [2.24, 2.45) is 5.73 Å². The number of hydrogen-bond donors (Lipinski definition) is 2. The fourth-order valence-electron chi connectivity index (χ4n) is 3.59. The molecule has 0 atom stereocenters. The second-order valence-corrected chi connectivity index (χ2v) is 7.32. The largest absolute Gasteiger partial charge is 0.368 e. The zero-order valence-corrected chi connectivity index (χ0v) is 16.7. The number of halogens is 2. The van der Waals surface area contributed by atoms with Crippen molar-refractivity contribution >= 4 is 11.6 Å². The Hall–Kier alpha value is -3.66. The van der Waals surface area contributed by atoms with Gasteiger partial charge in [0.25, 0.3) is 6.08 Å². The lowest BCUT2D eigenvalue weighted by molar-refractivity contribution is -0.116. The van der Waals surface area contributed by atoms with Crippen molar-refractivity contribution in [2.75, 3.05) is 11.9 Å². The summed E-state index contributed by atoms with van der Waals surface area (Å²) in [5.41, 5.74) is 9.37. The average Bonchev–Trinajstić information content (AvgIpc) is 3.12. The summed E-state index contributed by atoms with van der Waals surface area (Å²) in [5.74, 6) is 0.00749. The van der Waals surface area contributed by atoms with E-state index in [0.717, 1.165) is 37.3 Å². The maximum Gasteiger partial charge on any atom is 0.368 e. The van der Waals surface area contributed by atoms with Gasteiger partial charge in [-0.15, -0.1) is 0 Å². The first-order valence-electron chi connectivity index (χ1n) is 9.67. The fraction of sp³-hybridized carbons (Fsp3) is 0.238. The highest BCUT2D eigenvalue weighted by atomic mass is 19.3. The van der Waals surface area contributed by atoms with Crippen molar-refractivity contribution in [1.82, 2.24) is 19.8 Å². The molecule has 2 heterocycles. The number of fused-ring (bicyclic) bond motifs is 1. The SMILES string of the molecule is Cc1cc(-c2cccc(-n3nnn(CC(CN)=C(F)F)c3=O)c2)cc2c1NC(=O)CC2. The third kappa shape index (κ3) is 4.02. The molecule has 3 aromatic rings. The molecule has 1 aliphatic rings. The quantitative estimate of drug-likeness (QED) is 0.651. The molecule has 3 N–H and O–H groups in total. The predicted octanol–water partition coefficient (Wildman–Crippen LogP) is 2.40. The van der Waals surface area contributed by atoms with Crippen LogP contribution in [-0.4, -0.2) is 32.2 Å². The van der Waals surface area contributed by atoms with Crippen LogP contribution >= 0.6 is 0 Å². The van der Waals surface area contributed by atoms with Gasteiger partial charge < -0.3 is 11.1 Å². The molecule has 10 heteroatoms. The van der Waals surface area contributed by atoms with E-state index in [1.165, 1.54) is 0 Å². The minimum Gasteiger partial charge on any atom is -0.327 e. The summed E-state index contributed by atoms with van der Waals surface area (Å²) in [5, 5.41) is 10.4. The van der Waals surface area contributed by atoms with E-state index in [1.54, 1.807) is 18.2 Å². The zero-order valence-electron chi connectivity index (χ0n) is 16.7. The van der Waals surface area contributed by atoms with Crippen LogP contribution in [0, 0.1) is 6.92 Å². The van der Waals surface area contributed by atoms with Crippen LogP contribution in [0.2, 0.25) is 0 Å². The monoisotopic (exact) mass is 426 g/mol. The van der Waals surface area contributed by atoms with Gasteiger partial charge in [0.1, 0.15) is 0 Å². The van der Waals surface area contributed by atoms with Gasteiger partial charge in [0.2, 0.25) is 5.91 Å². The van der Waals surface area contributed by atoms with Gasteiger partial charge in [-0.05, 0) is 70.3 Å². The molecule has 0 spiro atoms. The standard InChI is InChI=1S/C21H20F2N6O2/c1-12-7-15(8-14-5-6-18(30)25-19(12)14)13-3-2-4-17(9-13)29-21(31)28(26-27-29)11-16(10-24)20(22)23/h2-4,7-9H,5-6,10-11,24H2,1H3,(H,25,30). The molecule has 0 saturated heterocycles. The van der Waals surface area contributed by atoms with Crippen molar-refractivity contribution in [1.29, 1.82) is 0 Å². The molecule has 1 amide bonds. The Morgan fingerprint density at radius 1 is 1.13 bits per heavy atom. The number of carbonyl (C=O) groups excluding carboxylic acids is 1. The number of rotatable bonds is 5. The van der Waals surface area contributed by atoms with Gasteiger partial charge in [-0.3, -0.25) is 4.79 Å². The van der Waals surface area contributed by atoms with Crippen LogP contribution in [-0.2, 0) is 17.8 Å². The fourth-order valence-corrected chi connectivity index (χ4v) is 3.59. The number of hydrogen-bond acceptors (Lipinski definition) is 5. The number of tetrazole rings is 1. The Kier molecular flexibility index (Phi) is 5.47. The van der Waals surface area contributed by atoms with Gasteiger partial charge in [-0.2, -0.15) is 18.1 Å². The molecule has 31 heavy (non-hydrogen) atoms. The van der Waals surface area contributed by atoms with E-state index in [1.807, 2.05) is 25.1 Å². The smallest absolute Gasteiger partial charge is 0.327 e. The normalized spacial score (nSPS) is 13.0. The van der Waals surface area contributed by atoms with Gasteiger partial charge in [0, 0.05) is 24.2 Å². The Labute approximate surface area is 176 Å². The van der Waals surface area contributed by atoms with Crippen LogP contribution in [0.15, 0.2) is 52.8 Å². The van der Waals surface area contributed by atoms with Gasteiger partial charge >= 0.3 is 5.69 Å². The molecule has 1 aliphatic heterocycles. The minimum absolute atomic E-state index is 0.00749. The first kappa shape index (κ1) is 20.6. The number of nitrogens with zero attached hydrogens (tertiary/aromatic N) is 4. The van der Waals surface area contributed by atoms with E-state index in [4.69, 9.17) is 5.73 Å². The van der Waals surface area contributed by atoms with Crippen molar-refractivity contribution in [3.05, 3.63) is 69.7 Å². The molecule has 0 aliphatic carbocycles. The molecule has 8 nitrogen and oxygen atoms in total. The lowest BCUT2D eigenvalue weighted by Crippen LogP contribution is -2.26. The lowest BCUT2D eigenvalue weighted by Gasteiger charge is -2.20. The third-order valence-corrected chi connectivity index (χ3v) is 5.22. The van der Waals surface area contributed by atoms with Crippen molar-refractivity contribution in [2.45, 2.75) is 26.3 Å². The Morgan fingerprint density at radius 3 is 2.68 bits per heavy atom. The molecule has 0 unspecified atom stereocenters. The Balaban J connectivity index is 1.69. The average molecular weight is 426 g/mol. The molecule has 0 saturated carbocycles. The second-order valence-electron chi connectivity index (χ2n) is 7.32. The summed E-state index contributed by atoms with van der Waals surface area (Å²) in [7, 11) is 0. The zero-order chi connectivity index (χ0) is 22.1. The van der Waals surface area contributed by atoms with Crippen LogP contribution in [0.3, 0.4) is 0 Å². The highest BCUT2D eigenvalue weighted by Gasteiger charge is 2.18. The number of benzene rings is 2. The molecular weight excluding hydrogens is 406 g/mol. The number of carbonyl (C=O) groups is 1. The topological polar surface area (TPSA) is 108 Å². The summed E-state index contributed by atoms with van der Waals surface area (Å²) in [6.45, 7) is 1.13. The molecule has 160 valence electrons. The van der Waals surface area contributed by atoms with Crippen LogP contribution in [0.4, 0.5) is 14.5 Å². The van der Waals surface area contributed by atoms with E-state index in [0.29, 0.717) is 18.5 Å². The number of amides is 1. The third-order valence-electron chi connectivity index (χ3n) is 5.22. The van der Waals surface area contributed by atoms with E-state index in [9.17, 15) is 18.4 Å². The highest BCUT2D eigenvalue weighted by Crippen LogP contribution is 2.32. The molecule has 1 aromatic heterocycles. The van der Waals surface area contributed by atoms with E-state index >= 15 is 0 Å². The van der Waals surface area contributed by atoms with E-state index in [2.05, 4.69) is 15.7 Å².